The molecule has 4 rings (SSSR count). The summed E-state index contributed by atoms with van der Waals surface area (Å²) in [5.41, 5.74) is 1.78. The number of fused-ring (bicyclic) bond motifs is 1. The summed E-state index contributed by atoms with van der Waals surface area (Å²) in [6.45, 7) is 0.507. The number of benzene rings is 3. The molecular weight excluding hydrogens is 391 g/mol. The van der Waals surface area contributed by atoms with Crippen LogP contribution in [0.15, 0.2) is 66.7 Å². The van der Waals surface area contributed by atoms with E-state index >= 15 is 0 Å². The second kappa shape index (κ2) is 9.29. The maximum absolute atomic E-state index is 13.0. The van der Waals surface area contributed by atoms with Gasteiger partial charge in [0.05, 0.1) is 0 Å². The van der Waals surface area contributed by atoms with Crippen LogP contribution in [0.5, 0.6) is 0 Å². The highest BCUT2D eigenvalue weighted by Gasteiger charge is 2.38. The molecule has 0 aromatic heterocycles. The molecule has 1 saturated heterocycles. The van der Waals surface area contributed by atoms with Gasteiger partial charge in [-0.25, -0.2) is 4.39 Å². The van der Waals surface area contributed by atoms with E-state index in [0.29, 0.717) is 38.6 Å². The highest BCUT2D eigenvalue weighted by atomic mass is 19.1. The molecule has 5 heteroatoms. The number of amides is 2. The van der Waals surface area contributed by atoms with E-state index in [1.807, 2.05) is 18.2 Å². The lowest BCUT2D eigenvalue weighted by Gasteiger charge is -2.30. The van der Waals surface area contributed by atoms with Gasteiger partial charge < -0.3 is 10.6 Å². The van der Waals surface area contributed by atoms with Gasteiger partial charge in [-0.05, 0) is 59.7 Å². The largest absolute Gasteiger partial charge is 0.356 e. The molecule has 4 nitrogen and oxygen atoms in total. The van der Waals surface area contributed by atoms with Crippen LogP contribution >= 0.6 is 0 Å². The molecule has 1 fully saturated rings. The van der Waals surface area contributed by atoms with E-state index in [1.165, 1.54) is 28.5 Å². The van der Waals surface area contributed by atoms with Crippen LogP contribution in [0.1, 0.15) is 36.8 Å². The molecule has 0 unspecified atom stereocenters. The van der Waals surface area contributed by atoms with Gasteiger partial charge in [0.1, 0.15) is 5.82 Å². The lowest BCUT2D eigenvalue weighted by atomic mass is 9.83. The molecule has 1 heterocycles. The van der Waals surface area contributed by atoms with Crippen molar-refractivity contribution in [2.24, 2.45) is 0 Å². The Bertz CT molecular complexity index is 1070. The average molecular weight is 419 g/mol. The molecule has 1 aliphatic heterocycles. The number of rotatable bonds is 8. The van der Waals surface area contributed by atoms with Crippen molar-refractivity contribution in [2.75, 3.05) is 6.54 Å². The Labute approximate surface area is 181 Å². The summed E-state index contributed by atoms with van der Waals surface area (Å²) in [6, 6.07) is 20.8. The zero-order chi connectivity index (χ0) is 21.7. The standard InChI is InChI=1S/C26H27FN2O2/c27-22-10-8-19(9-11-22)14-17-28-24(30)12-15-26(16-13-25(31)29-26)18-21-6-3-5-20-4-1-2-7-23(20)21/h1-11H,12-18H2,(H,28,30)(H,29,31)/t26-/m1/s1. The molecule has 0 saturated carbocycles. The van der Waals surface area contributed by atoms with Gasteiger partial charge in [0, 0.05) is 24.9 Å². The van der Waals surface area contributed by atoms with Crippen LogP contribution < -0.4 is 10.6 Å². The zero-order valence-corrected chi connectivity index (χ0v) is 17.5. The Hall–Kier alpha value is -3.21. The summed E-state index contributed by atoms with van der Waals surface area (Å²) in [6.07, 6.45) is 3.56. The van der Waals surface area contributed by atoms with E-state index < -0.39 is 5.54 Å². The van der Waals surface area contributed by atoms with Crippen molar-refractivity contribution in [3.8, 4) is 0 Å². The van der Waals surface area contributed by atoms with Gasteiger partial charge in [-0.15, -0.1) is 0 Å². The van der Waals surface area contributed by atoms with E-state index in [1.54, 1.807) is 12.1 Å². The molecule has 0 radical (unpaired) electrons. The van der Waals surface area contributed by atoms with Crippen LogP contribution in [0.4, 0.5) is 4.39 Å². The molecule has 3 aromatic carbocycles. The predicted molar refractivity (Wildman–Crippen MR) is 120 cm³/mol. The fraction of sp³-hybridized carbons (Fsp3) is 0.308. The van der Waals surface area contributed by atoms with Crippen LogP contribution in [0.2, 0.25) is 0 Å². The number of carbonyl (C=O) groups is 2. The van der Waals surface area contributed by atoms with Crippen molar-refractivity contribution < 1.29 is 14.0 Å². The van der Waals surface area contributed by atoms with Crippen molar-refractivity contribution in [3.05, 3.63) is 83.7 Å². The van der Waals surface area contributed by atoms with Gasteiger partial charge in [0.25, 0.3) is 0 Å². The molecule has 160 valence electrons. The number of carbonyl (C=O) groups excluding carboxylic acids is 2. The summed E-state index contributed by atoms with van der Waals surface area (Å²) in [5, 5.41) is 8.48. The lowest BCUT2D eigenvalue weighted by Crippen LogP contribution is -2.44. The van der Waals surface area contributed by atoms with Crippen molar-refractivity contribution in [3.63, 3.8) is 0 Å². The minimum Gasteiger partial charge on any atom is -0.356 e. The minimum atomic E-state index is -0.393. The smallest absolute Gasteiger partial charge is 0.220 e. The first-order valence-corrected chi connectivity index (χ1v) is 10.8. The van der Waals surface area contributed by atoms with Crippen molar-refractivity contribution in [1.29, 1.82) is 0 Å². The highest BCUT2D eigenvalue weighted by molar-refractivity contribution is 5.86. The quantitative estimate of drug-likeness (QED) is 0.573. The topological polar surface area (TPSA) is 58.2 Å². The van der Waals surface area contributed by atoms with Gasteiger partial charge in [-0.3, -0.25) is 9.59 Å². The second-order valence-electron chi connectivity index (χ2n) is 8.37. The van der Waals surface area contributed by atoms with E-state index in [-0.39, 0.29) is 17.6 Å². The van der Waals surface area contributed by atoms with Crippen LogP contribution in [0, 0.1) is 5.82 Å². The zero-order valence-electron chi connectivity index (χ0n) is 17.5. The number of halogens is 1. The number of nitrogens with one attached hydrogen (secondary N) is 2. The van der Waals surface area contributed by atoms with E-state index in [2.05, 4.69) is 34.9 Å². The molecule has 3 aromatic rings. The van der Waals surface area contributed by atoms with Crippen LogP contribution in [0.3, 0.4) is 0 Å². The van der Waals surface area contributed by atoms with Gasteiger partial charge in [-0.1, -0.05) is 54.6 Å². The highest BCUT2D eigenvalue weighted by Crippen LogP contribution is 2.32. The van der Waals surface area contributed by atoms with Crippen LogP contribution in [0.25, 0.3) is 10.8 Å². The maximum Gasteiger partial charge on any atom is 0.220 e. The van der Waals surface area contributed by atoms with E-state index in [4.69, 9.17) is 0 Å². The summed E-state index contributed by atoms with van der Waals surface area (Å²) < 4.78 is 13.0. The third-order valence-electron chi connectivity index (χ3n) is 6.12. The maximum atomic E-state index is 13.0. The van der Waals surface area contributed by atoms with Gasteiger partial charge in [0.15, 0.2) is 0 Å². The van der Waals surface area contributed by atoms with E-state index in [0.717, 1.165) is 12.0 Å². The second-order valence-corrected chi connectivity index (χ2v) is 8.37. The van der Waals surface area contributed by atoms with Crippen molar-refractivity contribution in [2.45, 2.75) is 44.1 Å². The minimum absolute atomic E-state index is 0.0273. The van der Waals surface area contributed by atoms with Gasteiger partial charge in [0.2, 0.25) is 11.8 Å². The summed E-state index contributed by atoms with van der Waals surface area (Å²) >= 11 is 0. The van der Waals surface area contributed by atoms with Crippen LogP contribution in [-0.2, 0) is 22.4 Å². The van der Waals surface area contributed by atoms with Crippen molar-refractivity contribution >= 4 is 22.6 Å². The Morgan fingerprint density at radius 2 is 1.81 bits per heavy atom. The molecular formula is C26H27FN2O2. The van der Waals surface area contributed by atoms with E-state index in [9.17, 15) is 14.0 Å². The first kappa shape index (κ1) is 21.0. The first-order valence-electron chi connectivity index (χ1n) is 10.8. The fourth-order valence-corrected chi connectivity index (χ4v) is 4.43. The Morgan fingerprint density at radius 1 is 1.03 bits per heavy atom. The van der Waals surface area contributed by atoms with Crippen molar-refractivity contribution in [1.82, 2.24) is 10.6 Å². The molecule has 1 aliphatic rings. The average Bonchev–Trinajstić information content (AvgIpc) is 3.15. The third kappa shape index (κ3) is 5.29. The molecule has 0 spiro atoms. The van der Waals surface area contributed by atoms with Gasteiger partial charge >= 0.3 is 0 Å². The normalized spacial score (nSPS) is 18.2. The Kier molecular flexibility index (Phi) is 6.31. The summed E-state index contributed by atoms with van der Waals surface area (Å²) in [5.74, 6) is -0.236. The molecule has 2 N–H and O–H groups in total. The third-order valence-corrected chi connectivity index (χ3v) is 6.12. The molecule has 31 heavy (non-hydrogen) atoms. The lowest BCUT2D eigenvalue weighted by molar-refractivity contribution is -0.122. The Morgan fingerprint density at radius 3 is 2.58 bits per heavy atom. The predicted octanol–water partition coefficient (Wildman–Crippen LogP) is 4.31. The summed E-state index contributed by atoms with van der Waals surface area (Å²) in [7, 11) is 0. The number of hydrogen-bond acceptors (Lipinski definition) is 2. The Balaban J connectivity index is 1.37. The SMILES string of the molecule is O=C(CC[C@]1(Cc2cccc3ccccc23)CCC(=O)N1)NCCc1ccc(F)cc1. The molecule has 0 bridgehead atoms. The molecule has 1 atom stereocenters. The fourth-order valence-electron chi connectivity index (χ4n) is 4.43. The first-order chi connectivity index (χ1) is 15.0. The monoisotopic (exact) mass is 418 g/mol. The molecule has 2 amide bonds. The number of hydrogen-bond donors (Lipinski definition) is 2. The molecule has 0 aliphatic carbocycles. The van der Waals surface area contributed by atoms with Gasteiger partial charge in [-0.2, -0.15) is 0 Å². The van der Waals surface area contributed by atoms with Crippen LogP contribution in [-0.4, -0.2) is 23.9 Å². The summed E-state index contributed by atoms with van der Waals surface area (Å²) in [4.78, 5) is 24.5.